The van der Waals surface area contributed by atoms with Gasteiger partial charge in [-0.3, -0.25) is 4.79 Å². The van der Waals surface area contributed by atoms with Crippen LogP contribution in [-0.2, 0) is 9.53 Å². The molecular weight excluding hydrogens is 154 g/mol. The van der Waals surface area contributed by atoms with Gasteiger partial charge in [0.2, 0.25) is 0 Å². The molecule has 2 unspecified atom stereocenters. The van der Waals surface area contributed by atoms with E-state index in [4.69, 9.17) is 4.74 Å². The van der Waals surface area contributed by atoms with Crippen LogP contribution in [0.25, 0.3) is 0 Å². The lowest BCUT2D eigenvalue weighted by Crippen LogP contribution is -2.40. The van der Waals surface area contributed by atoms with Crippen LogP contribution in [0.3, 0.4) is 0 Å². The number of piperidine rings is 1. The maximum Gasteiger partial charge on any atom is 0.305 e. The summed E-state index contributed by atoms with van der Waals surface area (Å²) >= 11 is 0. The quantitative estimate of drug-likeness (QED) is 0.628. The van der Waals surface area contributed by atoms with E-state index in [1.165, 1.54) is 0 Å². The molecule has 12 heavy (non-hydrogen) atoms. The molecule has 0 spiro atoms. The second-order valence-electron chi connectivity index (χ2n) is 3.35. The number of nitrogens with one attached hydrogen (secondary N) is 1. The van der Waals surface area contributed by atoms with Gasteiger partial charge in [0.15, 0.2) is 0 Å². The third kappa shape index (κ3) is 2.48. The van der Waals surface area contributed by atoms with Crippen molar-refractivity contribution in [3.05, 3.63) is 0 Å². The Labute approximate surface area is 73.5 Å². The standard InChI is InChI=1S/C9H17NO2/c1-3-9(11)12-8-4-5-10-6-7(8)2/h7-8,10H,3-6H2,1-2H3. The van der Waals surface area contributed by atoms with E-state index < -0.39 is 0 Å². The van der Waals surface area contributed by atoms with Crippen molar-refractivity contribution in [3.63, 3.8) is 0 Å². The zero-order chi connectivity index (χ0) is 8.97. The minimum Gasteiger partial charge on any atom is -0.462 e. The van der Waals surface area contributed by atoms with E-state index in [0.717, 1.165) is 19.5 Å². The van der Waals surface area contributed by atoms with Gasteiger partial charge in [-0.25, -0.2) is 0 Å². The Morgan fingerprint density at radius 1 is 1.67 bits per heavy atom. The molecule has 0 saturated carbocycles. The second kappa shape index (κ2) is 4.45. The molecule has 0 aromatic rings. The van der Waals surface area contributed by atoms with Gasteiger partial charge in [0.05, 0.1) is 0 Å². The third-order valence-corrected chi connectivity index (χ3v) is 2.28. The Bertz CT molecular complexity index is 159. The number of hydrogen-bond donors (Lipinski definition) is 1. The maximum absolute atomic E-state index is 11.0. The number of rotatable bonds is 2. The zero-order valence-corrected chi connectivity index (χ0v) is 7.80. The summed E-state index contributed by atoms with van der Waals surface area (Å²) in [6.07, 6.45) is 1.57. The molecule has 3 nitrogen and oxygen atoms in total. The molecule has 0 aromatic heterocycles. The van der Waals surface area contributed by atoms with Crippen LogP contribution in [0.5, 0.6) is 0 Å². The second-order valence-corrected chi connectivity index (χ2v) is 3.35. The largest absolute Gasteiger partial charge is 0.462 e. The number of hydrogen-bond acceptors (Lipinski definition) is 3. The molecule has 1 N–H and O–H groups in total. The molecule has 1 saturated heterocycles. The summed E-state index contributed by atoms with van der Waals surface area (Å²) in [7, 11) is 0. The third-order valence-electron chi connectivity index (χ3n) is 2.28. The molecule has 0 aliphatic carbocycles. The van der Waals surface area contributed by atoms with Gasteiger partial charge in [-0.1, -0.05) is 13.8 Å². The molecule has 2 atom stereocenters. The van der Waals surface area contributed by atoms with E-state index in [9.17, 15) is 4.79 Å². The summed E-state index contributed by atoms with van der Waals surface area (Å²) in [4.78, 5) is 11.0. The monoisotopic (exact) mass is 171 g/mol. The molecule has 1 aliphatic heterocycles. The van der Waals surface area contributed by atoms with Gasteiger partial charge in [-0.15, -0.1) is 0 Å². The van der Waals surface area contributed by atoms with Gasteiger partial charge in [0, 0.05) is 18.9 Å². The smallest absolute Gasteiger partial charge is 0.305 e. The normalized spacial score (nSPS) is 29.8. The van der Waals surface area contributed by atoms with Crippen LogP contribution in [0, 0.1) is 5.92 Å². The SMILES string of the molecule is CCC(=O)OC1CCNCC1C. The van der Waals surface area contributed by atoms with Crippen molar-refractivity contribution in [2.45, 2.75) is 32.8 Å². The first-order chi connectivity index (χ1) is 5.74. The van der Waals surface area contributed by atoms with E-state index in [1.807, 2.05) is 6.92 Å². The topological polar surface area (TPSA) is 38.3 Å². The lowest BCUT2D eigenvalue weighted by molar-refractivity contribution is -0.152. The molecule has 1 aliphatic rings. The summed E-state index contributed by atoms with van der Waals surface area (Å²) in [6, 6.07) is 0. The number of esters is 1. The first kappa shape index (κ1) is 9.52. The minimum absolute atomic E-state index is 0.0752. The predicted molar refractivity (Wildman–Crippen MR) is 46.8 cm³/mol. The minimum atomic E-state index is -0.0752. The highest BCUT2D eigenvalue weighted by Gasteiger charge is 2.23. The van der Waals surface area contributed by atoms with Crippen molar-refractivity contribution in [1.29, 1.82) is 0 Å². The average molecular weight is 171 g/mol. The van der Waals surface area contributed by atoms with Gasteiger partial charge >= 0.3 is 5.97 Å². The average Bonchev–Trinajstić information content (AvgIpc) is 2.09. The van der Waals surface area contributed by atoms with E-state index in [2.05, 4.69) is 12.2 Å². The molecule has 3 heteroatoms. The summed E-state index contributed by atoms with van der Waals surface area (Å²) in [5, 5.41) is 3.26. The predicted octanol–water partition coefficient (Wildman–Crippen LogP) is 0.938. The number of carbonyl (C=O) groups excluding carboxylic acids is 1. The van der Waals surface area contributed by atoms with E-state index in [1.54, 1.807) is 0 Å². The molecule has 0 bridgehead atoms. The summed E-state index contributed by atoms with van der Waals surface area (Å²) in [6.45, 7) is 5.86. The van der Waals surface area contributed by atoms with Crippen LogP contribution in [-0.4, -0.2) is 25.2 Å². The van der Waals surface area contributed by atoms with Crippen LogP contribution in [0.2, 0.25) is 0 Å². The Balaban J connectivity index is 2.33. The Hall–Kier alpha value is -0.570. The van der Waals surface area contributed by atoms with E-state index in [0.29, 0.717) is 12.3 Å². The van der Waals surface area contributed by atoms with Crippen LogP contribution in [0.1, 0.15) is 26.7 Å². The highest BCUT2D eigenvalue weighted by Crippen LogP contribution is 2.14. The lowest BCUT2D eigenvalue weighted by atomic mass is 9.98. The number of ether oxygens (including phenoxy) is 1. The Morgan fingerprint density at radius 3 is 3.00 bits per heavy atom. The molecule has 70 valence electrons. The molecule has 0 aromatic carbocycles. The van der Waals surface area contributed by atoms with Crippen LogP contribution in [0.15, 0.2) is 0 Å². The molecule has 1 heterocycles. The van der Waals surface area contributed by atoms with Crippen molar-refractivity contribution in [1.82, 2.24) is 5.32 Å². The van der Waals surface area contributed by atoms with E-state index >= 15 is 0 Å². The number of carbonyl (C=O) groups is 1. The van der Waals surface area contributed by atoms with E-state index in [-0.39, 0.29) is 12.1 Å². The zero-order valence-electron chi connectivity index (χ0n) is 7.80. The molecule has 0 amide bonds. The van der Waals surface area contributed by atoms with Gasteiger partial charge in [0.1, 0.15) is 6.10 Å². The summed E-state index contributed by atoms with van der Waals surface area (Å²) < 4.78 is 5.27. The summed E-state index contributed by atoms with van der Waals surface area (Å²) in [5.74, 6) is 0.378. The highest BCUT2D eigenvalue weighted by molar-refractivity contribution is 5.69. The first-order valence-electron chi connectivity index (χ1n) is 4.64. The van der Waals surface area contributed by atoms with Gasteiger partial charge in [-0.2, -0.15) is 0 Å². The van der Waals surface area contributed by atoms with Crippen molar-refractivity contribution < 1.29 is 9.53 Å². The Morgan fingerprint density at radius 2 is 2.42 bits per heavy atom. The van der Waals surface area contributed by atoms with Gasteiger partial charge < -0.3 is 10.1 Å². The van der Waals surface area contributed by atoms with Crippen molar-refractivity contribution >= 4 is 5.97 Å². The molecular formula is C9H17NO2. The van der Waals surface area contributed by atoms with Gasteiger partial charge in [0.25, 0.3) is 0 Å². The van der Waals surface area contributed by atoms with Crippen molar-refractivity contribution in [2.75, 3.05) is 13.1 Å². The molecule has 0 radical (unpaired) electrons. The highest BCUT2D eigenvalue weighted by atomic mass is 16.5. The van der Waals surface area contributed by atoms with Gasteiger partial charge in [-0.05, 0) is 13.0 Å². The summed E-state index contributed by atoms with van der Waals surface area (Å²) in [5.41, 5.74) is 0. The first-order valence-corrected chi connectivity index (χ1v) is 4.64. The fourth-order valence-electron chi connectivity index (χ4n) is 1.42. The van der Waals surface area contributed by atoms with Crippen molar-refractivity contribution in [3.8, 4) is 0 Å². The van der Waals surface area contributed by atoms with Crippen LogP contribution >= 0.6 is 0 Å². The van der Waals surface area contributed by atoms with Crippen molar-refractivity contribution in [2.24, 2.45) is 5.92 Å². The van der Waals surface area contributed by atoms with Crippen LogP contribution in [0.4, 0.5) is 0 Å². The lowest BCUT2D eigenvalue weighted by Gasteiger charge is -2.28. The molecule has 1 fully saturated rings. The molecule has 1 rings (SSSR count). The maximum atomic E-state index is 11.0. The Kier molecular flexibility index (Phi) is 3.53. The van der Waals surface area contributed by atoms with Crippen LogP contribution < -0.4 is 5.32 Å². The fourth-order valence-corrected chi connectivity index (χ4v) is 1.42. The fraction of sp³-hybridized carbons (Fsp3) is 0.889.